The van der Waals surface area contributed by atoms with Crippen molar-refractivity contribution in [2.75, 3.05) is 46.4 Å². The average molecular weight is 594 g/mol. The van der Waals surface area contributed by atoms with E-state index in [4.69, 9.17) is 4.74 Å². The highest BCUT2D eigenvalue weighted by atomic mass is 16.5. The van der Waals surface area contributed by atoms with Gasteiger partial charge in [0, 0.05) is 89.1 Å². The Morgan fingerprint density at radius 1 is 1.12 bits per heavy atom. The lowest BCUT2D eigenvalue weighted by molar-refractivity contribution is -0.116. The van der Waals surface area contributed by atoms with Crippen molar-refractivity contribution < 1.29 is 14.3 Å². The molecule has 1 aromatic heterocycles. The van der Waals surface area contributed by atoms with E-state index in [0.29, 0.717) is 37.6 Å². The summed E-state index contributed by atoms with van der Waals surface area (Å²) in [5.41, 5.74) is 5.21. The van der Waals surface area contributed by atoms with Crippen LogP contribution in [-0.4, -0.2) is 95.1 Å². The Morgan fingerprint density at radius 3 is 2.33 bits per heavy atom. The predicted octanol–water partition coefficient (Wildman–Crippen LogP) is 4.40. The van der Waals surface area contributed by atoms with Crippen LogP contribution in [0.5, 0.6) is 0 Å². The molecule has 10 heteroatoms. The van der Waals surface area contributed by atoms with Gasteiger partial charge in [0.25, 0.3) is 5.91 Å². The number of nitrogens with one attached hydrogen (secondary N) is 1. The largest absolute Gasteiger partial charge is 0.381 e. The molecular formula is C33H51N7O3. The normalized spacial score (nSPS) is 16.2. The van der Waals surface area contributed by atoms with Gasteiger partial charge < -0.3 is 15.0 Å². The van der Waals surface area contributed by atoms with E-state index in [2.05, 4.69) is 46.6 Å². The number of likely N-dealkylation sites (N-methyl/N-ethyl adjacent to an activating group) is 1. The van der Waals surface area contributed by atoms with Crippen molar-refractivity contribution in [1.29, 1.82) is 0 Å². The molecule has 1 aromatic carbocycles. The van der Waals surface area contributed by atoms with Gasteiger partial charge in [-0.15, -0.1) is 13.2 Å². The fourth-order valence-corrected chi connectivity index (χ4v) is 5.12. The molecular weight excluding hydrogens is 542 g/mol. The first-order valence-corrected chi connectivity index (χ1v) is 15.2. The molecule has 0 saturated carbocycles. The molecule has 2 aromatic rings. The van der Waals surface area contributed by atoms with E-state index < -0.39 is 0 Å². The Labute approximate surface area is 258 Å². The van der Waals surface area contributed by atoms with Crippen LogP contribution < -0.4 is 5.32 Å². The summed E-state index contributed by atoms with van der Waals surface area (Å²) in [5, 5.41) is 13.8. The van der Waals surface area contributed by atoms with Gasteiger partial charge in [0.15, 0.2) is 0 Å². The van der Waals surface area contributed by atoms with E-state index in [0.717, 1.165) is 55.0 Å². The number of amides is 2. The zero-order valence-corrected chi connectivity index (χ0v) is 27.2. The van der Waals surface area contributed by atoms with Crippen molar-refractivity contribution >= 4 is 23.7 Å². The number of hydrogen-bond acceptors (Lipinski definition) is 7. The molecule has 1 N–H and O–H groups in total. The molecule has 236 valence electrons. The molecule has 0 spiro atoms. The number of nitrogens with zero attached hydrogens (tertiary/aromatic N) is 6. The fraction of sp³-hybridized carbons (Fsp3) is 0.515. The van der Waals surface area contributed by atoms with E-state index in [9.17, 15) is 9.59 Å². The van der Waals surface area contributed by atoms with Crippen LogP contribution in [-0.2, 0) is 23.1 Å². The quantitative estimate of drug-likeness (QED) is 0.211. The molecule has 2 amide bonds. The second kappa shape index (κ2) is 18.0. The fourth-order valence-electron chi connectivity index (χ4n) is 5.12. The number of ether oxygens (including phenoxy) is 1. The third-order valence-corrected chi connectivity index (χ3v) is 7.51. The van der Waals surface area contributed by atoms with Crippen molar-refractivity contribution in [3.05, 3.63) is 71.6 Å². The van der Waals surface area contributed by atoms with E-state index in [-0.39, 0.29) is 17.9 Å². The lowest BCUT2D eigenvalue weighted by Gasteiger charge is -2.35. The minimum atomic E-state index is -0.221. The van der Waals surface area contributed by atoms with Crippen molar-refractivity contribution in [2.45, 2.75) is 60.0 Å². The zero-order valence-electron chi connectivity index (χ0n) is 27.2. The molecule has 0 bridgehead atoms. The van der Waals surface area contributed by atoms with Gasteiger partial charge in [-0.3, -0.25) is 24.2 Å². The highest BCUT2D eigenvalue weighted by molar-refractivity contribution is 5.98. The van der Waals surface area contributed by atoms with E-state index in [1.807, 2.05) is 67.5 Å². The smallest absolute Gasteiger partial charge is 0.254 e. The average Bonchev–Trinajstić information content (AvgIpc) is 3.37. The van der Waals surface area contributed by atoms with Gasteiger partial charge in [0.05, 0.1) is 17.4 Å². The highest BCUT2D eigenvalue weighted by Crippen LogP contribution is 2.29. The molecule has 0 unspecified atom stereocenters. The Balaban J connectivity index is 0.00000155. The number of carbonyl (C=O) groups excluding carboxylic acids is 2. The van der Waals surface area contributed by atoms with Gasteiger partial charge in [-0.05, 0) is 51.3 Å². The standard InChI is InChI=1S/C29H41N7O3.C2H6.C2H4/c1-6-31-36(25-9-15-39-16-10-25)27(19-28(37)30-4)23-8-7-21(2)26(18-23)29(38)35-13-11-34(12-14-35)20-24-17-22(3)33(5)32-24;2*1-2/h6-8,17-19,25H,9-16,20H2,1-5H3,(H,30,37);1-2H3;1-2H2/b27-19+,31-6-;;. The summed E-state index contributed by atoms with van der Waals surface area (Å²) in [7, 11) is 3.57. The number of aryl methyl sites for hydroxylation is 3. The first-order chi connectivity index (χ1) is 20.8. The molecule has 2 aliphatic heterocycles. The minimum Gasteiger partial charge on any atom is -0.381 e. The van der Waals surface area contributed by atoms with Gasteiger partial charge in [0.2, 0.25) is 5.91 Å². The Bertz CT molecular complexity index is 1220. The summed E-state index contributed by atoms with van der Waals surface area (Å²) in [6.45, 7) is 20.9. The summed E-state index contributed by atoms with van der Waals surface area (Å²) < 4.78 is 7.46. The number of carbonyl (C=O) groups is 2. The van der Waals surface area contributed by atoms with Crippen molar-refractivity contribution in [1.82, 2.24) is 29.9 Å². The molecule has 3 heterocycles. The molecule has 10 nitrogen and oxygen atoms in total. The van der Waals surface area contributed by atoms with Gasteiger partial charge in [-0.25, -0.2) is 0 Å². The van der Waals surface area contributed by atoms with Crippen LogP contribution in [0, 0.1) is 13.8 Å². The number of benzene rings is 1. The third kappa shape index (κ3) is 9.62. The maximum absolute atomic E-state index is 13.7. The number of aromatic nitrogens is 2. The van der Waals surface area contributed by atoms with Crippen LogP contribution in [0.25, 0.3) is 5.70 Å². The molecule has 0 aliphatic carbocycles. The first-order valence-electron chi connectivity index (χ1n) is 15.2. The SMILES string of the molecule is C/C=N\N(/C(=C/C(=O)NC)c1ccc(C)c(C(=O)N2CCN(Cc3cc(C)n(C)n3)CC2)c1)C1CCOCC1.C=C.CC. The second-order valence-electron chi connectivity index (χ2n) is 10.2. The van der Waals surface area contributed by atoms with E-state index >= 15 is 0 Å². The van der Waals surface area contributed by atoms with Crippen molar-refractivity contribution in [3.63, 3.8) is 0 Å². The summed E-state index contributed by atoms with van der Waals surface area (Å²) in [4.78, 5) is 30.5. The Morgan fingerprint density at radius 2 is 1.77 bits per heavy atom. The molecule has 2 aliphatic rings. The van der Waals surface area contributed by atoms with E-state index in [1.54, 1.807) is 19.3 Å². The van der Waals surface area contributed by atoms with Gasteiger partial charge in [-0.1, -0.05) is 26.0 Å². The molecule has 43 heavy (non-hydrogen) atoms. The van der Waals surface area contributed by atoms with Crippen LogP contribution in [0.15, 0.2) is 48.6 Å². The Kier molecular flexibility index (Phi) is 14.9. The lowest BCUT2D eigenvalue weighted by atomic mass is 9.99. The summed E-state index contributed by atoms with van der Waals surface area (Å²) in [5.74, 6) is -0.209. The highest BCUT2D eigenvalue weighted by Gasteiger charge is 2.27. The molecule has 2 saturated heterocycles. The number of piperazine rings is 1. The molecule has 0 radical (unpaired) electrons. The zero-order chi connectivity index (χ0) is 31.9. The lowest BCUT2D eigenvalue weighted by Crippen LogP contribution is -2.48. The molecule has 4 rings (SSSR count). The van der Waals surface area contributed by atoms with Crippen molar-refractivity contribution in [2.24, 2.45) is 12.1 Å². The third-order valence-electron chi connectivity index (χ3n) is 7.51. The van der Waals surface area contributed by atoms with Crippen LogP contribution in [0.1, 0.15) is 66.5 Å². The number of rotatable bonds is 8. The Hall–Kier alpha value is -3.76. The van der Waals surface area contributed by atoms with Crippen LogP contribution in [0.3, 0.4) is 0 Å². The van der Waals surface area contributed by atoms with Crippen LogP contribution in [0.2, 0.25) is 0 Å². The molecule has 2 fully saturated rings. The summed E-state index contributed by atoms with van der Waals surface area (Å²) in [6, 6.07) is 8.04. The maximum Gasteiger partial charge on any atom is 0.254 e. The van der Waals surface area contributed by atoms with Gasteiger partial charge in [-0.2, -0.15) is 10.2 Å². The molecule has 0 atom stereocenters. The number of hydrogen-bond donors (Lipinski definition) is 1. The second-order valence-corrected chi connectivity index (χ2v) is 10.2. The maximum atomic E-state index is 13.7. The minimum absolute atomic E-state index is 0.0126. The monoisotopic (exact) mass is 593 g/mol. The summed E-state index contributed by atoms with van der Waals surface area (Å²) >= 11 is 0. The topological polar surface area (TPSA) is 95.3 Å². The predicted molar refractivity (Wildman–Crippen MR) is 175 cm³/mol. The van der Waals surface area contributed by atoms with Gasteiger partial charge >= 0.3 is 0 Å². The van der Waals surface area contributed by atoms with Gasteiger partial charge in [0.1, 0.15) is 0 Å². The van der Waals surface area contributed by atoms with Crippen molar-refractivity contribution in [3.8, 4) is 0 Å². The van der Waals surface area contributed by atoms with E-state index in [1.165, 1.54) is 0 Å². The number of hydrazone groups is 1. The first kappa shape index (κ1) is 35.4. The summed E-state index contributed by atoms with van der Waals surface area (Å²) in [6.07, 6.45) is 4.92. The van der Waals surface area contributed by atoms with Crippen LogP contribution >= 0.6 is 0 Å². The van der Waals surface area contributed by atoms with Crippen LogP contribution in [0.4, 0.5) is 0 Å².